The number of anilines is 1. The molecule has 0 aliphatic heterocycles. The third-order valence-electron chi connectivity index (χ3n) is 3.22. The number of carbonyl (C=O) groups is 1. The maximum absolute atomic E-state index is 12.8. The Kier molecular flexibility index (Phi) is 5.37. The van der Waals surface area contributed by atoms with Crippen LogP contribution in [0.25, 0.3) is 0 Å². The van der Waals surface area contributed by atoms with Gasteiger partial charge in [0.15, 0.2) is 6.54 Å². The first kappa shape index (κ1) is 16.6. The monoisotopic (exact) mass is 318 g/mol. The molecule has 0 spiro atoms. The van der Waals surface area contributed by atoms with Crippen LogP contribution in [0.2, 0.25) is 0 Å². The van der Waals surface area contributed by atoms with E-state index in [4.69, 9.17) is 0 Å². The second-order valence-electron chi connectivity index (χ2n) is 5.29. The molecule has 120 valence electrons. The van der Waals surface area contributed by atoms with E-state index in [0.29, 0.717) is 12.2 Å². The first-order chi connectivity index (χ1) is 10.9. The summed E-state index contributed by atoms with van der Waals surface area (Å²) in [4.78, 5) is 23.1. The summed E-state index contributed by atoms with van der Waals surface area (Å²) in [7, 11) is 1.84. The van der Waals surface area contributed by atoms with E-state index in [2.05, 4.69) is 5.32 Å². The van der Waals surface area contributed by atoms with Gasteiger partial charge in [0.25, 0.3) is 11.6 Å². The number of quaternary nitrogens is 1. The molecule has 1 amide bonds. The fraction of sp³-hybridized carbons (Fsp3) is 0.188. The van der Waals surface area contributed by atoms with E-state index in [9.17, 15) is 19.3 Å². The third kappa shape index (κ3) is 5.15. The first-order valence-corrected chi connectivity index (χ1v) is 7.04. The summed E-state index contributed by atoms with van der Waals surface area (Å²) in [6.45, 7) is 0.767. The zero-order valence-corrected chi connectivity index (χ0v) is 12.6. The molecule has 23 heavy (non-hydrogen) atoms. The number of hydrogen-bond donors (Lipinski definition) is 2. The Balaban J connectivity index is 1.90. The van der Waals surface area contributed by atoms with Gasteiger partial charge in [0.1, 0.15) is 12.4 Å². The van der Waals surface area contributed by atoms with E-state index in [1.165, 1.54) is 30.3 Å². The van der Waals surface area contributed by atoms with Crippen LogP contribution in [-0.2, 0) is 11.3 Å². The maximum atomic E-state index is 12.8. The number of nitro benzene ring substituents is 1. The second-order valence-corrected chi connectivity index (χ2v) is 5.29. The Morgan fingerprint density at radius 3 is 2.61 bits per heavy atom. The van der Waals surface area contributed by atoms with Crippen molar-refractivity contribution in [1.82, 2.24) is 0 Å². The van der Waals surface area contributed by atoms with Crippen molar-refractivity contribution >= 4 is 17.3 Å². The Morgan fingerprint density at radius 1 is 1.26 bits per heavy atom. The number of non-ortho nitro benzene ring substituents is 1. The number of halogens is 1. The average Bonchev–Trinajstić information content (AvgIpc) is 2.49. The smallest absolute Gasteiger partial charge is 0.279 e. The van der Waals surface area contributed by atoms with E-state index in [1.807, 2.05) is 7.05 Å². The molecule has 0 saturated heterocycles. The number of carbonyl (C=O) groups excluding carboxylic acids is 1. The van der Waals surface area contributed by atoms with Gasteiger partial charge in [-0.2, -0.15) is 0 Å². The Morgan fingerprint density at radius 2 is 1.96 bits per heavy atom. The van der Waals surface area contributed by atoms with Gasteiger partial charge < -0.3 is 10.2 Å². The van der Waals surface area contributed by atoms with Gasteiger partial charge in [-0.05, 0) is 18.2 Å². The molecule has 1 unspecified atom stereocenters. The second kappa shape index (κ2) is 7.46. The van der Waals surface area contributed by atoms with E-state index in [0.717, 1.165) is 10.5 Å². The summed E-state index contributed by atoms with van der Waals surface area (Å²) in [6.07, 6.45) is 0. The van der Waals surface area contributed by atoms with Crippen LogP contribution in [-0.4, -0.2) is 24.4 Å². The highest BCUT2D eigenvalue weighted by Crippen LogP contribution is 2.16. The van der Waals surface area contributed by atoms with Gasteiger partial charge in [-0.3, -0.25) is 14.9 Å². The number of likely N-dealkylation sites (N-methyl/N-ethyl adjacent to an activating group) is 1. The summed E-state index contributed by atoms with van der Waals surface area (Å²) in [5, 5.41) is 13.3. The molecule has 2 rings (SSSR count). The molecule has 2 aromatic carbocycles. The minimum Gasteiger partial charge on any atom is -0.326 e. The summed E-state index contributed by atoms with van der Waals surface area (Å²) in [5.41, 5.74) is 1.24. The SMILES string of the molecule is C[NH+](CC(=O)Nc1cccc([N+](=O)[O-])c1)Cc1ccc(F)cc1. The fourth-order valence-electron chi connectivity index (χ4n) is 2.19. The molecule has 0 bridgehead atoms. The molecular formula is C16H17FN3O3+. The van der Waals surface area contributed by atoms with Crippen LogP contribution >= 0.6 is 0 Å². The lowest BCUT2D eigenvalue weighted by atomic mass is 10.2. The normalized spacial score (nSPS) is 11.7. The van der Waals surface area contributed by atoms with Crippen LogP contribution in [0.3, 0.4) is 0 Å². The van der Waals surface area contributed by atoms with Crippen LogP contribution in [0.4, 0.5) is 15.8 Å². The van der Waals surface area contributed by atoms with Gasteiger partial charge in [0.05, 0.1) is 12.0 Å². The van der Waals surface area contributed by atoms with Crippen molar-refractivity contribution in [3.8, 4) is 0 Å². The lowest BCUT2D eigenvalue weighted by molar-refractivity contribution is -0.885. The number of hydrogen-bond acceptors (Lipinski definition) is 3. The van der Waals surface area contributed by atoms with Gasteiger partial charge >= 0.3 is 0 Å². The summed E-state index contributed by atoms with van der Waals surface area (Å²) in [6, 6.07) is 11.9. The van der Waals surface area contributed by atoms with Gasteiger partial charge in [-0.15, -0.1) is 0 Å². The number of benzene rings is 2. The molecule has 7 heteroatoms. The predicted molar refractivity (Wildman–Crippen MR) is 83.6 cm³/mol. The van der Waals surface area contributed by atoms with Gasteiger partial charge in [0, 0.05) is 23.4 Å². The predicted octanol–water partition coefficient (Wildman–Crippen LogP) is 1.39. The molecule has 0 heterocycles. The lowest BCUT2D eigenvalue weighted by Crippen LogP contribution is -3.08. The Hall–Kier alpha value is -2.80. The van der Waals surface area contributed by atoms with Gasteiger partial charge in [0.2, 0.25) is 0 Å². The molecule has 2 N–H and O–H groups in total. The molecule has 0 saturated carbocycles. The van der Waals surface area contributed by atoms with Crippen molar-refractivity contribution in [2.24, 2.45) is 0 Å². The zero-order chi connectivity index (χ0) is 16.8. The number of nitrogens with one attached hydrogen (secondary N) is 2. The molecule has 0 aromatic heterocycles. The number of nitro groups is 1. The van der Waals surface area contributed by atoms with Crippen molar-refractivity contribution in [1.29, 1.82) is 0 Å². The topological polar surface area (TPSA) is 76.7 Å². The highest BCUT2D eigenvalue weighted by Gasteiger charge is 2.12. The van der Waals surface area contributed by atoms with Gasteiger partial charge in [-0.1, -0.05) is 18.2 Å². The highest BCUT2D eigenvalue weighted by atomic mass is 19.1. The molecular weight excluding hydrogens is 301 g/mol. The van der Waals surface area contributed by atoms with E-state index in [1.54, 1.807) is 18.2 Å². The zero-order valence-electron chi connectivity index (χ0n) is 12.6. The first-order valence-electron chi connectivity index (χ1n) is 7.04. The number of nitrogens with zero attached hydrogens (tertiary/aromatic N) is 1. The van der Waals surface area contributed by atoms with E-state index >= 15 is 0 Å². The van der Waals surface area contributed by atoms with Crippen molar-refractivity contribution in [2.75, 3.05) is 18.9 Å². The average molecular weight is 318 g/mol. The number of amides is 1. The van der Waals surface area contributed by atoms with Crippen LogP contribution < -0.4 is 10.2 Å². The lowest BCUT2D eigenvalue weighted by Gasteiger charge is -2.14. The molecule has 0 aliphatic rings. The maximum Gasteiger partial charge on any atom is 0.279 e. The Bertz CT molecular complexity index is 704. The van der Waals surface area contributed by atoms with E-state index in [-0.39, 0.29) is 24.0 Å². The minimum atomic E-state index is -0.512. The molecule has 0 radical (unpaired) electrons. The summed E-state index contributed by atoms with van der Waals surface area (Å²) < 4.78 is 12.8. The summed E-state index contributed by atoms with van der Waals surface area (Å²) in [5.74, 6) is -0.542. The number of rotatable bonds is 6. The van der Waals surface area contributed by atoms with Crippen LogP contribution in [0.1, 0.15) is 5.56 Å². The highest BCUT2D eigenvalue weighted by molar-refractivity contribution is 5.91. The van der Waals surface area contributed by atoms with Crippen LogP contribution in [0.15, 0.2) is 48.5 Å². The van der Waals surface area contributed by atoms with Crippen LogP contribution in [0.5, 0.6) is 0 Å². The van der Waals surface area contributed by atoms with Gasteiger partial charge in [-0.25, -0.2) is 4.39 Å². The third-order valence-corrected chi connectivity index (χ3v) is 3.22. The van der Waals surface area contributed by atoms with Crippen molar-refractivity contribution in [3.05, 3.63) is 70.0 Å². The molecule has 2 aromatic rings. The molecule has 0 aliphatic carbocycles. The molecule has 0 fully saturated rings. The largest absolute Gasteiger partial charge is 0.326 e. The van der Waals surface area contributed by atoms with Crippen molar-refractivity contribution in [3.63, 3.8) is 0 Å². The quantitative estimate of drug-likeness (QED) is 0.624. The molecule has 6 nitrogen and oxygen atoms in total. The standard InChI is InChI=1S/C16H16FN3O3/c1-19(10-12-5-7-13(17)8-6-12)11-16(21)18-14-3-2-4-15(9-14)20(22)23/h2-9H,10-11H2,1H3,(H,18,21)/p+1. The van der Waals surface area contributed by atoms with Crippen molar-refractivity contribution in [2.45, 2.75) is 6.54 Å². The van der Waals surface area contributed by atoms with Crippen molar-refractivity contribution < 1.29 is 19.0 Å². The Labute approximate surface area is 132 Å². The summed E-state index contributed by atoms with van der Waals surface area (Å²) >= 11 is 0. The van der Waals surface area contributed by atoms with E-state index < -0.39 is 4.92 Å². The van der Waals surface area contributed by atoms with Crippen LogP contribution in [0, 0.1) is 15.9 Å². The molecule has 1 atom stereocenters. The minimum absolute atomic E-state index is 0.0742. The fourth-order valence-corrected chi connectivity index (χ4v) is 2.19.